The Hall–Kier alpha value is -0.420. The quantitative estimate of drug-likeness (QED) is 0.705. The second-order valence-electron chi connectivity index (χ2n) is 4.68. The molecule has 2 rings (SSSR count). The SMILES string of the molecule is CCCNC(c1cc(Br)c(Cl)s1)c1cc(C)ccc1F. The minimum Gasteiger partial charge on any atom is -0.306 e. The molecule has 0 amide bonds. The highest BCUT2D eigenvalue weighted by molar-refractivity contribution is 9.10. The molecular weight excluding hydrogens is 361 g/mol. The smallest absolute Gasteiger partial charge is 0.128 e. The van der Waals surface area contributed by atoms with Gasteiger partial charge >= 0.3 is 0 Å². The summed E-state index contributed by atoms with van der Waals surface area (Å²) in [5.41, 5.74) is 1.72. The minimum absolute atomic E-state index is 0.163. The number of aryl methyl sites for hydroxylation is 1. The normalized spacial score (nSPS) is 12.7. The van der Waals surface area contributed by atoms with Crippen molar-refractivity contribution in [2.75, 3.05) is 6.54 Å². The Morgan fingerprint density at radius 1 is 1.40 bits per heavy atom. The summed E-state index contributed by atoms with van der Waals surface area (Å²) in [5, 5.41) is 3.40. The van der Waals surface area contributed by atoms with E-state index in [0.29, 0.717) is 9.90 Å². The van der Waals surface area contributed by atoms with Crippen molar-refractivity contribution < 1.29 is 4.39 Å². The molecule has 0 fully saturated rings. The number of hydrogen-bond donors (Lipinski definition) is 1. The van der Waals surface area contributed by atoms with Crippen LogP contribution in [0.15, 0.2) is 28.7 Å². The van der Waals surface area contributed by atoms with Crippen LogP contribution >= 0.6 is 38.9 Å². The molecule has 1 nitrogen and oxygen atoms in total. The van der Waals surface area contributed by atoms with Crippen LogP contribution in [0.1, 0.15) is 35.4 Å². The monoisotopic (exact) mass is 375 g/mol. The highest BCUT2D eigenvalue weighted by atomic mass is 79.9. The van der Waals surface area contributed by atoms with Crippen LogP contribution in [0, 0.1) is 12.7 Å². The van der Waals surface area contributed by atoms with E-state index in [1.807, 2.05) is 19.1 Å². The topological polar surface area (TPSA) is 12.0 Å². The van der Waals surface area contributed by atoms with Crippen LogP contribution in [0.25, 0.3) is 0 Å². The summed E-state index contributed by atoms with van der Waals surface area (Å²) in [4.78, 5) is 1.01. The largest absolute Gasteiger partial charge is 0.306 e. The van der Waals surface area contributed by atoms with Crippen molar-refractivity contribution >= 4 is 38.9 Å². The number of rotatable bonds is 5. The number of halogens is 3. The van der Waals surface area contributed by atoms with Gasteiger partial charge in [0.15, 0.2) is 0 Å². The van der Waals surface area contributed by atoms with Crippen LogP contribution in [0.4, 0.5) is 4.39 Å². The van der Waals surface area contributed by atoms with Crippen molar-refractivity contribution in [2.24, 2.45) is 0 Å². The molecule has 0 aliphatic carbocycles. The molecule has 0 bridgehead atoms. The van der Waals surface area contributed by atoms with Crippen molar-refractivity contribution in [2.45, 2.75) is 26.3 Å². The summed E-state index contributed by atoms with van der Waals surface area (Å²) in [6, 6.07) is 7.00. The van der Waals surface area contributed by atoms with E-state index in [-0.39, 0.29) is 11.9 Å². The zero-order chi connectivity index (χ0) is 14.7. The van der Waals surface area contributed by atoms with Gasteiger partial charge in [-0.3, -0.25) is 0 Å². The Balaban J connectivity index is 2.43. The molecule has 20 heavy (non-hydrogen) atoms. The first-order valence-electron chi connectivity index (χ1n) is 6.47. The summed E-state index contributed by atoms with van der Waals surface area (Å²) in [7, 11) is 0. The third kappa shape index (κ3) is 3.61. The number of benzene rings is 1. The average molecular weight is 377 g/mol. The lowest BCUT2D eigenvalue weighted by atomic mass is 10.0. The Morgan fingerprint density at radius 2 is 2.15 bits per heavy atom. The van der Waals surface area contributed by atoms with E-state index < -0.39 is 0 Å². The molecule has 1 unspecified atom stereocenters. The van der Waals surface area contributed by atoms with Crippen molar-refractivity contribution in [3.8, 4) is 0 Å². The Kier molecular flexibility index (Phi) is 5.61. The number of thiophene rings is 1. The van der Waals surface area contributed by atoms with Gasteiger partial charge in [-0.05, 0) is 48.0 Å². The predicted molar refractivity (Wildman–Crippen MR) is 88.3 cm³/mol. The molecule has 1 atom stereocenters. The third-order valence-electron chi connectivity index (χ3n) is 3.01. The van der Waals surface area contributed by atoms with Gasteiger partial charge in [0.05, 0.1) is 6.04 Å². The van der Waals surface area contributed by atoms with E-state index in [2.05, 4.69) is 28.2 Å². The summed E-state index contributed by atoms with van der Waals surface area (Å²) in [6.07, 6.45) is 0.990. The fraction of sp³-hybridized carbons (Fsp3) is 0.333. The van der Waals surface area contributed by atoms with Crippen molar-refractivity contribution in [3.63, 3.8) is 0 Å². The van der Waals surface area contributed by atoms with Crippen molar-refractivity contribution in [1.82, 2.24) is 5.32 Å². The summed E-state index contributed by atoms with van der Waals surface area (Å²) in [6.45, 7) is 4.89. The molecule has 0 saturated carbocycles. The molecule has 5 heteroatoms. The first kappa shape index (κ1) is 16.0. The predicted octanol–water partition coefficient (Wildman–Crippen LogP) is 5.70. The van der Waals surface area contributed by atoms with Gasteiger partial charge in [0.25, 0.3) is 0 Å². The van der Waals surface area contributed by atoms with E-state index in [9.17, 15) is 4.39 Å². The molecule has 0 aliphatic heterocycles. The van der Waals surface area contributed by atoms with Crippen molar-refractivity contribution in [1.29, 1.82) is 0 Å². The first-order chi connectivity index (χ1) is 9.52. The lowest BCUT2D eigenvalue weighted by Gasteiger charge is -2.19. The molecule has 0 aliphatic rings. The van der Waals surface area contributed by atoms with Crippen LogP contribution in [0.5, 0.6) is 0 Å². The minimum atomic E-state index is -0.190. The number of nitrogens with one attached hydrogen (secondary N) is 1. The number of hydrogen-bond acceptors (Lipinski definition) is 2. The molecule has 1 N–H and O–H groups in total. The molecule has 1 aromatic carbocycles. The first-order valence-corrected chi connectivity index (χ1v) is 8.45. The highest BCUT2D eigenvalue weighted by Gasteiger charge is 2.20. The molecular formula is C15H16BrClFNS. The molecule has 1 aromatic heterocycles. The highest BCUT2D eigenvalue weighted by Crippen LogP contribution is 2.38. The third-order valence-corrected chi connectivity index (χ3v) is 5.55. The second kappa shape index (κ2) is 7.03. The zero-order valence-electron chi connectivity index (χ0n) is 11.3. The Morgan fingerprint density at radius 3 is 2.75 bits per heavy atom. The fourth-order valence-electron chi connectivity index (χ4n) is 2.04. The van der Waals surface area contributed by atoms with E-state index in [1.165, 1.54) is 17.4 Å². The molecule has 2 aromatic rings. The maximum atomic E-state index is 14.2. The van der Waals surface area contributed by atoms with Gasteiger partial charge < -0.3 is 5.32 Å². The van der Waals surface area contributed by atoms with Gasteiger partial charge in [-0.25, -0.2) is 4.39 Å². The van der Waals surface area contributed by atoms with Crippen LogP contribution in [0.3, 0.4) is 0 Å². The van der Waals surface area contributed by atoms with Gasteiger partial charge in [-0.15, -0.1) is 11.3 Å². The van der Waals surface area contributed by atoms with Gasteiger partial charge in [0, 0.05) is 14.9 Å². The van der Waals surface area contributed by atoms with Crippen molar-refractivity contribution in [3.05, 3.63) is 54.9 Å². The molecule has 108 valence electrons. The van der Waals surface area contributed by atoms with E-state index in [4.69, 9.17) is 11.6 Å². The van der Waals surface area contributed by atoms with Gasteiger partial charge in [0.2, 0.25) is 0 Å². The molecule has 0 saturated heterocycles. The Bertz CT molecular complexity index is 580. The van der Waals surface area contributed by atoms with E-state index in [1.54, 1.807) is 6.07 Å². The maximum absolute atomic E-state index is 14.2. The standard InChI is InChI=1S/C15H16BrClFNS/c1-3-6-19-14(13-8-11(16)15(17)20-13)10-7-9(2)4-5-12(10)18/h4-5,7-8,14,19H,3,6H2,1-2H3. The summed E-state index contributed by atoms with van der Waals surface area (Å²) < 4.78 is 15.7. The van der Waals surface area contributed by atoms with E-state index >= 15 is 0 Å². The lowest BCUT2D eigenvalue weighted by molar-refractivity contribution is 0.550. The fourth-order valence-corrected chi connectivity index (χ4v) is 3.87. The molecule has 0 spiro atoms. The van der Waals surface area contributed by atoms with Crippen LogP contribution in [-0.4, -0.2) is 6.54 Å². The van der Waals surface area contributed by atoms with Gasteiger partial charge in [-0.2, -0.15) is 0 Å². The molecule has 0 radical (unpaired) electrons. The molecule has 1 heterocycles. The Labute approximate surface area is 136 Å². The second-order valence-corrected chi connectivity index (χ2v) is 7.22. The van der Waals surface area contributed by atoms with Crippen LogP contribution in [0.2, 0.25) is 4.34 Å². The lowest BCUT2D eigenvalue weighted by Crippen LogP contribution is -2.23. The van der Waals surface area contributed by atoms with Crippen LogP contribution < -0.4 is 5.32 Å². The zero-order valence-corrected chi connectivity index (χ0v) is 14.5. The summed E-state index contributed by atoms with van der Waals surface area (Å²) >= 11 is 11.0. The van der Waals surface area contributed by atoms with E-state index in [0.717, 1.165) is 27.9 Å². The van der Waals surface area contributed by atoms with Gasteiger partial charge in [0.1, 0.15) is 10.2 Å². The average Bonchev–Trinajstić information content (AvgIpc) is 2.74. The maximum Gasteiger partial charge on any atom is 0.128 e. The van der Waals surface area contributed by atoms with Crippen LogP contribution in [-0.2, 0) is 0 Å². The summed E-state index contributed by atoms with van der Waals surface area (Å²) in [5.74, 6) is -0.190. The van der Waals surface area contributed by atoms with Gasteiger partial charge in [-0.1, -0.05) is 36.2 Å².